The van der Waals surface area contributed by atoms with Gasteiger partial charge in [-0.25, -0.2) is 4.90 Å². The Morgan fingerprint density at radius 1 is 1.08 bits per heavy atom. The molecule has 2 aromatic rings. The third-order valence-corrected chi connectivity index (χ3v) is 4.62. The smallest absolute Gasteiger partial charge is 0.293 e. The number of amides is 3. The highest BCUT2D eigenvalue weighted by molar-refractivity contribution is 8.15. The molecule has 1 aliphatic heterocycles. The number of aromatic hydroxyl groups is 2. The van der Waals surface area contributed by atoms with Crippen molar-refractivity contribution in [3.05, 3.63) is 48.5 Å². The number of anilines is 2. The van der Waals surface area contributed by atoms with E-state index in [4.69, 9.17) is 0 Å². The molecule has 3 N–H and O–H groups in total. The van der Waals surface area contributed by atoms with Gasteiger partial charge in [0.1, 0.15) is 16.7 Å². The van der Waals surface area contributed by atoms with Crippen molar-refractivity contribution in [2.75, 3.05) is 10.2 Å². The van der Waals surface area contributed by atoms with E-state index in [9.17, 15) is 24.6 Å². The zero-order valence-electron chi connectivity index (χ0n) is 12.9. The van der Waals surface area contributed by atoms with E-state index < -0.39 is 22.3 Å². The summed E-state index contributed by atoms with van der Waals surface area (Å²) in [7, 11) is 0. The SMILES string of the molecule is O=C(CC1SC(=O)N(c2ccc(O)cc2)C1=O)Nc1ccccc1O. The first-order valence-corrected chi connectivity index (χ1v) is 8.25. The van der Waals surface area contributed by atoms with Crippen molar-refractivity contribution >= 4 is 40.2 Å². The second kappa shape index (κ2) is 6.86. The van der Waals surface area contributed by atoms with Gasteiger partial charge in [0.15, 0.2) is 0 Å². The van der Waals surface area contributed by atoms with Gasteiger partial charge in [-0.15, -0.1) is 0 Å². The number of rotatable bonds is 4. The highest BCUT2D eigenvalue weighted by atomic mass is 32.2. The Bertz CT molecular complexity index is 837. The number of nitrogens with one attached hydrogen (secondary N) is 1. The van der Waals surface area contributed by atoms with Gasteiger partial charge in [-0.05, 0) is 48.2 Å². The van der Waals surface area contributed by atoms with Gasteiger partial charge < -0.3 is 15.5 Å². The molecular formula is C17H14N2O5S. The lowest BCUT2D eigenvalue weighted by atomic mass is 10.2. The fraction of sp³-hybridized carbons (Fsp3) is 0.118. The predicted molar refractivity (Wildman–Crippen MR) is 93.7 cm³/mol. The number of para-hydroxylation sites is 2. The lowest BCUT2D eigenvalue weighted by Crippen LogP contribution is -2.32. The van der Waals surface area contributed by atoms with Gasteiger partial charge in [-0.1, -0.05) is 12.1 Å². The molecule has 2 aromatic carbocycles. The van der Waals surface area contributed by atoms with Crippen LogP contribution in [0.25, 0.3) is 0 Å². The summed E-state index contributed by atoms with van der Waals surface area (Å²) >= 11 is 0.776. The zero-order chi connectivity index (χ0) is 18.0. The van der Waals surface area contributed by atoms with E-state index in [1.807, 2.05) is 0 Å². The fourth-order valence-corrected chi connectivity index (χ4v) is 3.36. The molecular weight excluding hydrogens is 344 g/mol. The third-order valence-electron chi connectivity index (χ3n) is 3.58. The van der Waals surface area contributed by atoms with Crippen LogP contribution in [0.3, 0.4) is 0 Å². The number of hydrogen-bond acceptors (Lipinski definition) is 6. The summed E-state index contributed by atoms with van der Waals surface area (Å²) in [5.74, 6) is -1.03. The van der Waals surface area contributed by atoms with Crippen molar-refractivity contribution in [1.82, 2.24) is 0 Å². The molecule has 1 fully saturated rings. The second-order valence-electron chi connectivity index (χ2n) is 5.33. The Labute approximate surface area is 147 Å². The number of carbonyl (C=O) groups is 3. The lowest BCUT2D eigenvalue weighted by molar-refractivity contribution is -0.121. The van der Waals surface area contributed by atoms with E-state index in [0.717, 1.165) is 16.7 Å². The maximum Gasteiger partial charge on any atom is 0.293 e. The van der Waals surface area contributed by atoms with Crippen LogP contribution in [0.4, 0.5) is 16.2 Å². The first kappa shape index (κ1) is 16.8. The molecule has 128 valence electrons. The molecule has 1 aliphatic rings. The Balaban J connectivity index is 1.69. The van der Waals surface area contributed by atoms with Crippen LogP contribution in [0.5, 0.6) is 11.5 Å². The average Bonchev–Trinajstić information content (AvgIpc) is 2.84. The minimum atomic E-state index is -0.841. The third kappa shape index (κ3) is 3.58. The predicted octanol–water partition coefficient (Wildman–Crippen LogP) is 2.70. The van der Waals surface area contributed by atoms with E-state index in [1.54, 1.807) is 12.1 Å². The van der Waals surface area contributed by atoms with E-state index in [1.165, 1.54) is 36.4 Å². The molecule has 1 saturated heterocycles. The van der Waals surface area contributed by atoms with Crippen molar-refractivity contribution in [1.29, 1.82) is 0 Å². The molecule has 0 radical (unpaired) electrons. The average molecular weight is 358 g/mol. The first-order chi connectivity index (χ1) is 12.0. The fourth-order valence-electron chi connectivity index (χ4n) is 2.37. The van der Waals surface area contributed by atoms with E-state index in [2.05, 4.69) is 5.32 Å². The van der Waals surface area contributed by atoms with Gasteiger partial charge >= 0.3 is 0 Å². The summed E-state index contributed by atoms with van der Waals surface area (Å²) in [4.78, 5) is 37.7. The summed E-state index contributed by atoms with van der Waals surface area (Å²) in [6.07, 6.45) is -0.196. The van der Waals surface area contributed by atoms with Gasteiger partial charge in [0.25, 0.3) is 5.24 Å². The Morgan fingerprint density at radius 3 is 2.44 bits per heavy atom. The normalized spacial score (nSPS) is 17.0. The van der Waals surface area contributed by atoms with Crippen LogP contribution in [0.2, 0.25) is 0 Å². The van der Waals surface area contributed by atoms with Crippen molar-refractivity contribution in [3.8, 4) is 11.5 Å². The summed E-state index contributed by atoms with van der Waals surface area (Å²) in [6, 6.07) is 11.9. The molecule has 8 heteroatoms. The first-order valence-electron chi connectivity index (χ1n) is 7.37. The molecule has 1 unspecified atom stereocenters. The number of phenolic OH excluding ortho intramolecular Hbond substituents is 2. The van der Waals surface area contributed by atoms with Crippen LogP contribution in [-0.2, 0) is 9.59 Å². The van der Waals surface area contributed by atoms with Crippen molar-refractivity contribution in [2.24, 2.45) is 0 Å². The molecule has 1 atom stereocenters. The number of hydrogen-bond donors (Lipinski definition) is 3. The largest absolute Gasteiger partial charge is 0.508 e. The van der Waals surface area contributed by atoms with Gasteiger partial charge in [0, 0.05) is 6.42 Å². The lowest BCUT2D eigenvalue weighted by Gasteiger charge is -2.14. The van der Waals surface area contributed by atoms with Crippen LogP contribution in [0.15, 0.2) is 48.5 Å². The maximum atomic E-state index is 12.4. The molecule has 0 spiro atoms. The number of thioether (sulfide) groups is 1. The summed E-state index contributed by atoms with van der Waals surface area (Å²) in [5.41, 5.74) is 0.577. The zero-order valence-corrected chi connectivity index (χ0v) is 13.7. The molecule has 7 nitrogen and oxygen atoms in total. The number of carbonyl (C=O) groups excluding carboxylic acids is 3. The van der Waals surface area contributed by atoms with Crippen molar-refractivity contribution in [2.45, 2.75) is 11.7 Å². The van der Waals surface area contributed by atoms with Gasteiger partial charge in [0.05, 0.1) is 11.4 Å². The van der Waals surface area contributed by atoms with Gasteiger partial charge in [-0.3, -0.25) is 14.4 Å². The number of nitrogens with zero attached hydrogens (tertiary/aromatic N) is 1. The topological polar surface area (TPSA) is 107 Å². The Morgan fingerprint density at radius 2 is 1.76 bits per heavy atom. The van der Waals surface area contributed by atoms with Crippen LogP contribution < -0.4 is 10.2 Å². The Hall–Kier alpha value is -3.00. The highest BCUT2D eigenvalue weighted by Gasteiger charge is 2.41. The van der Waals surface area contributed by atoms with E-state index in [0.29, 0.717) is 5.69 Å². The Kier molecular flexibility index (Phi) is 4.62. The maximum absolute atomic E-state index is 12.4. The monoisotopic (exact) mass is 358 g/mol. The molecule has 1 heterocycles. The van der Waals surface area contributed by atoms with Crippen molar-refractivity contribution < 1.29 is 24.6 Å². The van der Waals surface area contributed by atoms with Gasteiger partial charge in [0.2, 0.25) is 11.8 Å². The minimum absolute atomic E-state index is 0.0223. The van der Waals surface area contributed by atoms with E-state index >= 15 is 0 Å². The molecule has 0 aromatic heterocycles. The molecule has 0 saturated carbocycles. The molecule has 25 heavy (non-hydrogen) atoms. The molecule has 3 rings (SSSR count). The summed E-state index contributed by atoms with van der Waals surface area (Å²) in [6.45, 7) is 0. The minimum Gasteiger partial charge on any atom is -0.508 e. The number of phenols is 2. The highest BCUT2D eigenvalue weighted by Crippen LogP contribution is 2.34. The van der Waals surface area contributed by atoms with Crippen LogP contribution in [0.1, 0.15) is 6.42 Å². The van der Waals surface area contributed by atoms with Crippen LogP contribution in [-0.4, -0.2) is 32.5 Å². The molecule has 0 bridgehead atoms. The summed E-state index contributed by atoms with van der Waals surface area (Å²) < 4.78 is 0. The standard InChI is InChI=1S/C17H14N2O5S/c20-11-7-5-10(6-8-11)19-16(23)14(25-17(19)24)9-15(22)18-12-3-1-2-4-13(12)21/h1-8,14,20-21H,9H2,(H,18,22). The van der Waals surface area contributed by atoms with Crippen molar-refractivity contribution in [3.63, 3.8) is 0 Å². The number of imide groups is 1. The van der Waals surface area contributed by atoms with Gasteiger partial charge in [-0.2, -0.15) is 0 Å². The summed E-state index contributed by atoms with van der Waals surface area (Å²) in [5, 5.41) is 20.2. The quantitative estimate of drug-likeness (QED) is 0.726. The van der Waals surface area contributed by atoms with E-state index in [-0.39, 0.29) is 23.6 Å². The molecule has 3 amide bonds. The second-order valence-corrected chi connectivity index (χ2v) is 6.49. The van der Waals surface area contributed by atoms with Crippen LogP contribution >= 0.6 is 11.8 Å². The van der Waals surface area contributed by atoms with Crippen LogP contribution in [0, 0.1) is 0 Å². The molecule has 0 aliphatic carbocycles. The number of benzene rings is 2.